The summed E-state index contributed by atoms with van der Waals surface area (Å²) in [5.41, 5.74) is 3.59. The smallest absolute Gasteiger partial charge is 0.258 e. The van der Waals surface area contributed by atoms with Crippen LogP contribution in [0, 0.1) is 0 Å². The maximum atomic E-state index is 12.3. The lowest BCUT2D eigenvalue weighted by atomic mass is 10.0. The van der Waals surface area contributed by atoms with Gasteiger partial charge < -0.3 is 15.2 Å². The van der Waals surface area contributed by atoms with Gasteiger partial charge in [0, 0.05) is 24.8 Å². The van der Waals surface area contributed by atoms with Gasteiger partial charge in [-0.15, -0.1) is 0 Å². The topological polar surface area (TPSA) is 78.1 Å². The predicted molar refractivity (Wildman–Crippen MR) is 103 cm³/mol. The first-order valence-corrected chi connectivity index (χ1v) is 8.68. The molecule has 0 spiro atoms. The summed E-state index contributed by atoms with van der Waals surface area (Å²) in [5, 5.41) is 3.98. The van der Waals surface area contributed by atoms with Crippen molar-refractivity contribution in [1.82, 2.24) is 9.97 Å². The van der Waals surface area contributed by atoms with Crippen molar-refractivity contribution >= 4 is 28.2 Å². The van der Waals surface area contributed by atoms with Crippen LogP contribution in [0.1, 0.15) is 30.8 Å². The lowest BCUT2D eigenvalue weighted by molar-refractivity contribution is -0.118. The van der Waals surface area contributed by atoms with E-state index in [1.807, 2.05) is 37.3 Å². The highest BCUT2D eigenvalue weighted by Gasteiger charge is 2.21. The zero-order valence-electron chi connectivity index (χ0n) is 14.7. The Labute approximate surface area is 150 Å². The molecule has 2 heterocycles. The lowest BCUT2D eigenvalue weighted by Crippen LogP contribution is -2.31. The molecule has 1 aliphatic rings. The molecule has 6 heteroatoms. The van der Waals surface area contributed by atoms with Gasteiger partial charge in [-0.3, -0.25) is 9.59 Å². The quantitative estimate of drug-likeness (QED) is 0.763. The SMILES string of the molecule is C[C@H](Nc1ccc2c(c1)CCC(=O)N2C)c1nc2ccccc2c(=O)[nH]1. The van der Waals surface area contributed by atoms with Crippen molar-refractivity contribution in [1.29, 1.82) is 0 Å². The van der Waals surface area contributed by atoms with Crippen molar-refractivity contribution in [2.75, 3.05) is 17.3 Å². The van der Waals surface area contributed by atoms with Crippen LogP contribution in [0.25, 0.3) is 10.9 Å². The minimum absolute atomic E-state index is 0.134. The van der Waals surface area contributed by atoms with Crippen LogP contribution in [-0.4, -0.2) is 22.9 Å². The fourth-order valence-corrected chi connectivity index (χ4v) is 3.37. The predicted octanol–water partition coefficient (Wildman–Crippen LogP) is 3.01. The molecule has 0 saturated heterocycles. The molecule has 0 fully saturated rings. The van der Waals surface area contributed by atoms with Crippen molar-refractivity contribution in [2.24, 2.45) is 0 Å². The highest BCUT2D eigenvalue weighted by Crippen LogP contribution is 2.30. The van der Waals surface area contributed by atoms with Crippen LogP contribution in [0.4, 0.5) is 11.4 Å². The van der Waals surface area contributed by atoms with Gasteiger partial charge in [0.1, 0.15) is 5.82 Å². The van der Waals surface area contributed by atoms with E-state index in [0.717, 1.165) is 23.4 Å². The van der Waals surface area contributed by atoms with Crippen LogP contribution >= 0.6 is 0 Å². The van der Waals surface area contributed by atoms with Crippen LogP contribution < -0.4 is 15.8 Å². The van der Waals surface area contributed by atoms with Gasteiger partial charge in [0.15, 0.2) is 0 Å². The summed E-state index contributed by atoms with van der Waals surface area (Å²) in [4.78, 5) is 33.2. The van der Waals surface area contributed by atoms with E-state index in [1.165, 1.54) is 0 Å². The summed E-state index contributed by atoms with van der Waals surface area (Å²) >= 11 is 0. The second kappa shape index (κ2) is 6.29. The summed E-state index contributed by atoms with van der Waals surface area (Å²) in [6, 6.07) is 13.1. The minimum Gasteiger partial charge on any atom is -0.375 e. The van der Waals surface area contributed by atoms with Gasteiger partial charge in [0.25, 0.3) is 5.56 Å². The molecule has 1 atom stereocenters. The maximum Gasteiger partial charge on any atom is 0.258 e. The number of nitrogens with zero attached hydrogens (tertiary/aromatic N) is 2. The number of carbonyl (C=O) groups excluding carboxylic acids is 1. The number of benzene rings is 2. The Kier molecular flexibility index (Phi) is 3.95. The largest absolute Gasteiger partial charge is 0.375 e. The van der Waals surface area contributed by atoms with Gasteiger partial charge in [-0.2, -0.15) is 0 Å². The normalized spacial score (nSPS) is 15.0. The summed E-state index contributed by atoms with van der Waals surface area (Å²) in [5.74, 6) is 0.739. The molecule has 132 valence electrons. The van der Waals surface area contributed by atoms with E-state index in [0.29, 0.717) is 23.1 Å². The number of fused-ring (bicyclic) bond motifs is 2. The number of aryl methyl sites for hydroxylation is 1. The summed E-state index contributed by atoms with van der Waals surface area (Å²) in [6.07, 6.45) is 1.27. The van der Waals surface area contributed by atoms with Crippen LogP contribution in [-0.2, 0) is 11.2 Å². The third kappa shape index (κ3) is 2.83. The number of para-hydroxylation sites is 1. The van der Waals surface area contributed by atoms with Gasteiger partial charge in [0.05, 0.1) is 16.9 Å². The summed E-state index contributed by atoms with van der Waals surface area (Å²) in [7, 11) is 1.81. The second-order valence-corrected chi connectivity index (χ2v) is 6.63. The van der Waals surface area contributed by atoms with Gasteiger partial charge >= 0.3 is 0 Å². The fraction of sp³-hybridized carbons (Fsp3) is 0.250. The number of anilines is 2. The summed E-state index contributed by atoms with van der Waals surface area (Å²) < 4.78 is 0. The molecule has 4 rings (SSSR count). The molecule has 0 saturated carbocycles. The molecule has 1 aromatic heterocycles. The van der Waals surface area contributed by atoms with Crippen molar-refractivity contribution in [3.05, 3.63) is 64.2 Å². The molecule has 2 aromatic carbocycles. The highest BCUT2D eigenvalue weighted by atomic mass is 16.2. The molecular formula is C20H20N4O2. The first kappa shape index (κ1) is 16.3. The Hall–Kier alpha value is -3.15. The fourth-order valence-electron chi connectivity index (χ4n) is 3.37. The molecule has 0 aliphatic carbocycles. The Morgan fingerprint density at radius 2 is 1.96 bits per heavy atom. The Morgan fingerprint density at radius 1 is 1.15 bits per heavy atom. The molecule has 3 aromatic rings. The molecule has 26 heavy (non-hydrogen) atoms. The monoisotopic (exact) mass is 348 g/mol. The van der Waals surface area contributed by atoms with E-state index in [4.69, 9.17) is 0 Å². The van der Waals surface area contributed by atoms with Crippen LogP contribution in [0.3, 0.4) is 0 Å². The number of nitrogens with one attached hydrogen (secondary N) is 2. The first-order chi connectivity index (χ1) is 12.5. The van der Waals surface area contributed by atoms with Crippen LogP contribution in [0.15, 0.2) is 47.3 Å². The van der Waals surface area contributed by atoms with Crippen LogP contribution in [0.2, 0.25) is 0 Å². The number of hydrogen-bond acceptors (Lipinski definition) is 4. The van der Waals surface area contributed by atoms with Crippen molar-refractivity contribution in [3.8, 4) is 0 Å². The van der Waals surface area contributed by atoms with E-state index in [2.05, 4.69) is 21.4 Å². The average Bonchev–Trinajstić information content (AvgIpc) is 2.65. The number of H-pyrrole nitrogens is 1. The standard InChI is InChI=1S/C20H20N4O2/c1-12(19-22-16-6-4-3-5-15(16)20(26)23-19)21-14-8-9-17-13(11-14)7-10-18(25)24(17)2/h3-6,8-9,11-12,21H,7,10H2,1-2H3,(H,22,23,26)/t12-/m0/s1. The van der Waals surface area contributed by atoms with E-state index in [9.17, 15) is 9.59 Å². The molecule has 0 bridgehead atoms. The van der Waals surface area contributed by atoms with Crippen molar-refractivity contribution in [3.63, 3.8) is 0 Å². The third-order valence-corrected chi connectivity index (χ3v) is 4.85. The molecule has 0 radical (unpaired) electrons. The molecule has 1 aliphatic heterocycles. The van der Waals surface area contributed by atoms with Gasteiger partial charge in [0.2, 0.25) is 5.91 Å². The van der Waals surface area contributed by atoms with E-state index in [1.54, 1.807) is 18.0 Å². The van der Waals surface area contributed by atoms with Gasteiger partial charge in [-0.25, -0.2) is 4.98 Å². The van der Waals surface area contributed by atoms with E-state index >= 15 is 0 Å². The zero-order chi connectivity index (χ0) is 18.3. The number of hydrogen-bond donors (Lipinski definition) is 2. The minimum atomic E-state index is -0.159. The maximum absolute atomic E-state index is 12.3. The Balaban J connectivity index is 1.62. The molecular weight excluding hydrogens is 328 g/mol. The highest BCUT2D eigenvalue weighted by molar-refractivity contribution is 5.96. The Morgan fingerprint density at radius 3 is 2.81 bits per heavy atom. The number of aromatic amines is 1. The number of aromatic nitrogens is 2. The molecule has 2 N–H and O–H groups in total. The molecule has 0 unspecified atom stereocenters. The number of rotatable bonds is 3. The number of amides is 1. The second-order valence-electron chi connectivity index (χ2n) is 6.63. The average molecular weight is 348 g/mol. The lowest BCUT2D eigenvalue weighted by Gasteiger charge is -2.26. The van der Waals surface area contributed by atoms with Crippen molar-refractivity contribution < 1.29 is 4.79 Å². The summed E-state index contributed by atoms with van der Waals surface area (Å²) in [6.45, 7) is 1.96. The van der Waals surface area contributed by atoms with E-state index < -0.39 is 0 Å². The van der Waals surface area contributed by atoms with Gasteiger partial charge in [-0.1, -0.05) is 12.1 Å². The van der Waals surface area contributed by atoms with Gasteiger partial charge in [-0.05, 0) is 49.2 Å². The first-order valence-electron chi connectivity index (χ1n) is 8.68. The third-order valence-electron chi connectivity index (χ3n) is 4.85. The molecule has 6 nitrogen and oxygen atoms in total. The molecule has 1 amide bonds. The van der Waals surface area contributed by atoms with Crippen molar-refractivity contribution in [2.45, 2.75) is 25.8 Å². The van der Waals surface area contributed by atoms with E-state index in [-0.39, 0.29) is 17.5 Å². The Bertz CT molecular complexity index is 1060. The van der Waals surface area contributed by atoms with Crippen LogP contribution in [0.5, 0.6) is 0 Å². The number of carbonyl (C=O) groups is 1. The zero-order valence-corrected chi connectivity index (χ0v) is 14.7.